The van der Waals surface area contributed by atoms with Crippen LogP contribution in [0.1, 0.15) is 28.3 Å². The lowest BCUT2D eigenvalue weighted by atomic mass is 9.94. The van der Waals surface area contributed by atoms with Gasteiger partial charge in [-0.2, -0.15) is 0 Å². The highest BCUT2D eigenvalue weighted by Gasteiger charge is 2.48. The lowest BCUT2D eigenvalue weighted by Gasteiger charge is -2.28. The number of amides is 1. The van der Waals surface area contributed by atoms with Gasteiger partial charge in [0.05, 0.1) is 18.7 Å². The number of rotatable bonds is 4. The van der Waals surface area contributed by atoms with Crippen molar-refractivity contribution in [3.05, 3.63) is 99.6 Å². The highest BCUT2D eigenvalue weighted by atomic mass is 35.5. The zero-order valence-electron chi connectivity index (χ0n) is 17.9. The molecule has 1 fully saturated rings. The molecule has 0 aromatic heterocycles. The third kappa shape index (κ3) is 3.55. The van der Waals surface area contributed by atoms with Crippen molar-refractivity contribution in [3.63, 3.8) is 0 Å². The van der Waals surface area contributed by atoms with Crippen LogP contribution in [0.3, 0.4) is 0 Å². The Bertz CT molecular complexity index is 1260. The van der Waals surface area contributed by atoms with Gasteiger partial charge in [0, 0.05) is 21.8 Å². The van der Waals surface area contributed by atoms with E-state index in [2.05, 4.69) is 0 Å². The molecule has 32 heavy (non-hydrogen) atoms. The van der Waals surface area contributed by atoms with Crippen LogP contribution in [0.25, 0.3) is 5.76 Å². The molecule has 0 aliphatic carbocycles. The Hall–Kier alpha value is -3.57. The van der Waals surface area contributed by atoms with E-state index in [9.17, 15) is 14.7 Å². The number of anilines is 1. The van der Waals surface area contributed by atoms with Crippen molar-refractivity contribution in [2.45, 2.75) is 19.9 Å². The quantitative estimate of drug-likeness (QED) is 0.321. The minimum atomic E-state index is -0.870. The van der Waals surface area contributed by atoms with Crippen LogP contribution < -0.4 is 9.64 Å². The molecular formula is C26H22ClNO4. The molecule has 1 N–H and O–H groups in total. The van der Waals surface area contributed by atoms with Crippen molar-refractivity contribution < 1.29 is 19.4 Å². The van der Waals surface area contributed by atoms with E-state index < -0.39 is 17.7 Å². The molecule has 1 aliphatic rings. The molecule has 0 radical (unpaired) electrons. The fourth-order valence-corrected chi connectivity index (χ4v) is 4.25. The van der Waals surface area contributed by atoms with Gasteiger partial charge < -0.3 is 9.84 Å². The largest absolute Gasteiger partial charge is 0.507 e. The summed E-state index contributed by atoms with van der Waals surface area (Å²) < 4.78 is 5.54. The first-order valence-corrected chi connectivity index (χ1v) is 10.5. The minimum Gasteiger partial charge on any atom is -0.507 e. The number of carbonyl (C=O) groups is 2. The Labute approximate surface area is 191 Å². The van der Waals surface area contributed by atoms with Gasteiger partial charge in [0.1, 0.15) is 11.5 Å². The molecule has 1 amide bonds. The summed E-state index contributed by atoms with van der Waals surface area (Å²) in [7, 11) is 1.53. The van der Waals surface area contributed by atoms with Crippen molar-refractivity contribution in [1.29, 1.82) is 0 Å². The number of methoxy groups -OCH3 is 1. The number of carbonyl (C=O) groups excluding carboxylic acids is 2. The first-order chi connectivity index (χ1) is 15.3. The zero-order chi connectivity index (χ0) is 23.0. The zero-order valence-corrected chi connectivity index (χ0v) is 18.7. The summed E-state index contributed by atoms with van der Waals surface area (Å²) in [5.41, 5.74) is 3.40. The summed E-state index contributed by atoms with van der Waals surface area (Å²) in [5.74, 6) is -1.25. The van der Waals surface area contributed by atoms with Gasteiger partial charge in [-0.3, -0.25) is 14.5 Å². The van der Waals surface area contributed by atoms with Crippen LogP contribution in [0.2, 0.25) is 5.02 Å². The molecule has 6 heteroatoms. The van der Waals surface area contributed by atoms with Gasteiger partial charge in [0.2, 0.25) is 0 Å². The molecular weight excluding hydrogens is 426 g/mol. The fourth-order valence-electron chi connectivity index (χ4n) is 4.06. The molecule has 0 spiro atoms. The van der Waals surface area contributed by atoms with Crippen molar-refractivity contribution in [2.75, 3.05) is 12.0 Å². The Kier molecular flexibility index (Phi) is 5.76. The van der Waals surface area contributed by atoms with Gasteiger partial charge in [-0.05, 0) is 49.2 Å². The molecule has 3 aromatic carbocycles. The Morgan fingerprint density at radius 2 is 1.72 bits per heavy atom. The molecule has 1 heterocycles. The number of halogens is 1. The number of aliphatic hydroxyl groups is 1. The number of hydrogen-bond donors (Lipinski definition) is 1. The number of ether oxygens (including phenoxy) is 1. The van der Waals surface area contributed by atoms with Crippen molar-refractivity contribution in [3.8, 4) is 5.75 Å². The number of Topliss-reactive ketones (excluding diaryl/α,β-unsaturated/α-hetero) is 1. The predicted molar refractivity (Wildman–Crippen MR) is 125 cm³/mol. The van der Waals surface area contributed by atoms with E-state index in [4.69, 9.17) is 16.3 Å². The highest BCUT2D eigenvalue weighted by molar-refractivity contribution is 6.52. The molecule has 1 atom stereocenters. The maximum atomic E-state index is 13.3. The monoisotopic (exact) mass is 447 g/mol. The van der Waals surface area contributed by atoms with Gasteiger partial charge in [-0.1, -0.05) is 54.1 Å². The van der Waals surface area contributed by atoms with Gasteiger partial charge in [-0.15, -0.1) is 0 Å². The second-order valence-electron chi connectivity index (χ2n) is 7.64. The Balaban J connectivity index is 2.03. The van der Waals surface area contributed by atoms with Crippen molar-refractivity contribution in [1.82, 2.24) is 0 Å². The third-order valence-electron chi connectivity index (χ3n) is 5.81. The number of hydrogen-bond acceptors (Lipinski definition) is 4. The van der Waals surface area contributed by atoms with E-state index in [0.717, 1.165) is 11.1 Å². The smallest absolute Gasteiger partial charge is 0.300 e. The molecule has 1 saturated heterocycles. The van der Waals surface area contributed by atoms with Gasteiger partial charge in [0.25, 0.3) is 11.7 Å². The van der Waals surface area contributed by atoms with Crippen LogP contribution in [-0.2, 0) is 9.59 Å². The second kappa shape index (κ2) is 8.52. The van der Waals surface area contributed by atoms with Crippen LogP contribution >= 0.6 is 11.6 Å². The standard InChI is InChI=1S/C26H22ClNO4/c1-15-8-6-12-20(16(15)2)28-23(19-11-4-5-13-21(19)32-3)22(25(30)26(28)31)24(29)17-9-7-10-18(27)14-17/h4-14,23,29H,1-3H3/b24-22+. The van der Waals surface area contributed by atoms with E-state index in [0.29, 0.717) is 27.6 Å². The molecule has 4 rings (SSSR count). The molecule has 0 saturated carbocycles. The molecule has 3 aromatic rings. The highest BCUT2D eigenvalue weighted by Crippen LogP contribution is 2.45. The SMILES string of the molecule is COc1ccccc1C1/C(=C(\O)c2cccc(Cl)c2)C(=O)C(=O)N1c1cccc(C)c1C. The van der Waals surface area contributed by atoms with Crippen LogP contribution in [0.4, 0.5) is 5.69 Å². The van der Waals surface area contributed by atoms with E-state index in [1.807, 2.05) is 32.0 Å². The van der Waals surface area contributed by atoms with Gasteiger partial charge in [-0.25, -0.2) is 0 Å². The fraction of sp³-hybridized carbons (Fsp3) is 0.154. The molecule has 162 valence electrons. The van der Waals surface area contributed by atoms with E-state index in [-0.39, 0.29) is 11.3 Å². The lowest BCUT2D eigenvalue weighted by Crippen LogP contribution is -2.30. The van der Waals surface area contributed by atoms with E-state index in [1.165, 1.54) is 12.0 Å². The van der Waals surface area contributed by atoms with E-state index in [1.54, 1.807) is 48.5 Å². The maximum Gasteiger partial charge on any atom is 0.300 e. The summed E-state index contributed by atoms with van der Waals surface area (Å²) in [6.07, 6.45) is 0. The number of ketones is 1. The van der Waals surface area contributed by atoms with Gasteiger partial charge >= 0.3 is 0 Å². The van der Waals surface area contributed by atoms with Crippen LogP contribution in [0.15, 0.2) is 72.3 Å². The molecule has 5 nitrogen and oxygen atoms in total. The van der Waals surface area contributed by atoms with Crippen molar-refractivity contribution >= 4 is 34.7 Å². The Morgan fingerprint density at radius 3 is 2.44 bits per heavy atom. The molecule has 1 aliphatic heterocycles. The topological polar surface area (TPSA) is 66.8 Å². The average molecular weight is 448 g/mol. The normalized spacial score (nSPS) is 17.6. The third-order valence-corrected chi connectivity index (χ3v) is 6.05. The number of para-hydroxylation sites is 1. The minimum absolute atomic E-state index is 0.0114. The van der Waals surface area contributed by atoms with Crippen LogP contribution in [0, 0.1) is 13.8 Å². The first kappa shape index (κ1) is 21.7. The van der Waals surface area contributed by atoms with Crippen molar-refractivity contribution in [2.24, 2.45) is 0 Å². The number of nitrogens with zero attached hydrogens (tertiary/aromatic N) is 1. The summed E-state index contributed by atoms with van der Waals surface area (Å²) in [6.45, 7) is 3.85. The maximum absolute atomic E-state index is 13.3. The summed E-state index contributed by atoms with van der Waals surface area (Å²) >= 11 is 6.11. The van der Waals surface area contributed by atoms with Gasteiger partial charge in [0.15, 0.2) is 0 Å². The van der Waals surface area contributed by atoms with E-state index >= 15 is 0 Å². The summed E-state index contributed by atoms with van der Waals surface area (Å²) in [6, 6.07) is 18.4. The lowest BCUT2D eigenvalue weighted by molar-refractivity contribution is -0.132. The number of aliphatic hydroxyl groups excluding tert-OH is 1. The number of benzene rings is 3. The predicted octanol–water partition coefficient (Wildman–Crippen LogP) is 5.59. The second-order valence-corrected chi connectivity index (χ2v) is 8.08. The van der Waals surface area contributed by atoms with Crippen LogP contribution in [0.5, 0.6) is 5.75 Å². The average Bonchev–Trinajstić information content (AvgIpc) is 3.05. The summed E-state index contributed by atoms with van der Waals surface area (Å²) in [5, 5.41) is 11.6. The Morgan fingerprint density at radius 1 is 1.00 bits per heavy atom. The van der Waals surface area contributed by atoms with Crippen LogP contribution in [-0.4, -0.2) is 23.9 Å². The first-order valence-electron chi connectivity index (χ1n) is 10.1. The summed E-state index contributed by atoms with van der Waals surface area (Å²) in [4.78, 5) is 28.1. The molecule has 0 bridgehead atoms. The number of aryl methyl sites for hydroxylation is 1. The molecule has 1 unspecified atom stereocenters.